The van der Waals surface area contributed by atoms with Crippen molar-refractivity contribution < 1.29 is 23.5 Å². The molecule has 2 rings (SSSR count). The number of hydrogen-bond donors (Lipinski definition) is 1. The average Bonchev–Trinajstić information content (AvgIpc) is 2.62. The molecule has 2 aromatic carbocycles. The predicted molar refractivity (Wildman–Crippen MR) is 93.4 cm³/mol. The van der Waals surface area contributed by atoms with Crippen molar-refractivity contribution in [3.8, 4) is 0 Å². The van der Waals surface area contributed by atoms with Crippen molar-refractivity contribution in [1.29, 1.82) is 0 Å². The van der Waals surface area contributed by atoms with E-state index in [1.54, 1.807) is 4.90 Å². The van der Waals surface area contributed by atoms with Crippen LogP contribution in [0.5, 0.6) is 0 Å². The summed E-state index contributed by atoms with van der Waals surface area (Å²) in [5.74, 6) is -3.00. The molecular weight excluding hydrogens is 340 g/mol. The molecule has 0 radical (unpaired) electrons. The minimum atomic E-state index is -0.933. The molecule has 0 aliphatic rings. The first-order valence-electron chi connectivity index (χ1n) is 8.43. The maximum atomic E-state index is 13.7. The maximum absolute atomic E-state index is 13.7. The number of aryl methyl sites for hydroxylation is 1. The van der Waals surface area contributed by atoms with Crippen LogP contribution >= 0.6 is 0 Å². The van der Waals surface area contributed by atoms with Gasteiger partial charge in [0.1, 0.15) is 0 Å². The summed E-state index contributed by atoms with van der Waals surface area (Å²) in [7, 11) is 0. The number of benzene rings is 2. The summed E-state index contributed by atoms with van der Waals surface area (Å²) in [6, 6.07) is 13.2. The Morgan fingerprint density at radius 2 is 1.69 bits per heavy atom. The normalized spacial score (nSPS) is 10.5. The van der Waals surface area contributed by atoms with Gasteiger partial charge in [-0.15, -0.1) is 0 Å². The molecule has 4 nitrogen and oxygen atoms in total. The Kier molecular flexibility index (Phi) is 7.26. The molecule has 0 heterocycles. The van der Waals surface area contributed by atoms with Gasteiger partial charge in [0.15, 0.2) is 11.6 Å². The second-order valence-electron chi connectivity index (χ2n) is 6.01. The van der Waals surface area contributed by atoms with Gasteiger partial charge in [0.25, 0.3) is 0 Å². The Morgan fingerprint density at radius 1 is 0.962 bits per heavy atom. The van der Waals surface area contributed by atoms with Crippen LogP contribution in [0.25, 0.3) is 0 Å². The van der Waals surface area contributed by atoms with Crippen LogP contribution in [0.4, 0.5) is 8.78 Å². The third-order valence-electron chi connectivity index (χ3n) is 4.03. The van der Waals surface area contributed by atoms with E-state index in [0.717, 1.165) is 11.6 Å². The van der Waals surface area contributed by atoms with Crippen molar-refractivity contribution in [3.05, 3.63) is 71.3 Å². The fourth-order valence-electron chi connectivity index (χ4n) is 2.66. The molecule has 1 N–H and O–H groups in total. The molecule has 0 spiro atoms. The van der Waals surface area contributed by atoms with Crippen LogP contribution in [0.3, 0.4) is 0 Å². The Bertz CT molecular complexity index is 750. The first-order chi connectivity index (χ1) is 12.5. The fraction of sp³-hybridized carbons (Fsp3) is 0.300. The lowest BCUT2D eigenvalue weighted by molar-refractivity contribution is -0.138. The number of carboxylic acids is 1. The quantitative estimate of drug-likeness (QED) is 0.739. The summed E-state index contributed by atoms with van der Waals surface area (Å²) in [5.41, 5.74) is 1.08. The highest BCUT2D eigenvalue weighted by atomic mass is 19.2. The van der Waals surface area contributed by atoms with Gasteiger partial charge in [0.2, 0.25) is 5.91 Å². The Hall–Kier alpha value is -2.76. The number of hydrogen-bond acceptors (Lipinski definition) is 2. The van der Waals surface area contributed by atoms with Crippen LogP contribution in [0, 0.1) is 11.6 Å². The van der Waals surface area contributed by atoms with Gasteiger partial charge in [0.05, 0.1) is 0 Å². The van der Waals surface area contributed by atoms with Crippen LogP contribution in [0.15, 0.2) is 48.5 Å². The molecule has 0 saturated heterocycles. The van der Waals surface area contributed by atoms with Crippen molar-refractivity contribution >= 4 is 11.9 Å². The molecule has 1 amide bonds. The number of carboxylic acid groups (broad SMARTS) is 1. The molecule has 0 aliphatic heterocycles. The van der Waals surface area contributed by atoms with Gasteiger partial charge in [0, 0.05) is 25.9 Å². The highest BCUT2D eigenvalue weighted by Gasteiger charge is 2.16. The average molecular weight is 361 g/mol. The van der Waals surface area contributed by atoms with E-state index in [2.05, 4.69) is 0 Å². The Labute approximate surface area is 151 Å². The standard InChI is InChI=1S/C20H21F2NO3/c21-17-9-4-8-16(20(17)22)11-12-18(24)23(13-5-10-19(25)26)14-15-6-2-1-3-7-15/h1-4,6-9H,5,10-14H2,(H,25,26). The molecular formula is C20H21F2NO3. The highest BCUT2D eigenvalue weighted by Crippen LogP contribution is 2.15. The third-order valence-corrected chi connectivity index (χ3v) is 4.03. The fourth-order valence-corrected chi connectivity index (χ4v) is 2.66. The highest BCUT2D eigenvalue weighted by molar-refractivity contribution is 5.76. The van der Waals surface area contributed by atoms with E-state index < -0.39 is 17.6 Å². The van der Waals surface area contributed by atoms with E-state index in [4.69, 9.17) is 5.11 Å². The molecule has 0 bridgehead atoms. The molecule has 0 aromatic heterocycles. The topological polar surface area (TPSA) is 57.6 Å². The predicted octanol–water partition coefficient (Wildman–Crippen LogP) is 3.79. The van der Waals surface area contributed by atoms with Gasteiger partial charge < -0.3 is 10.0 Å². The second kappa shape index (κ2) is 9.65. The molecule has 0 fully saturated rings. The summed E-state index contributed by atoms with van der Waals surface area (Å²) in [6.07, 6.45) is 0.423. The zero-order chi connectivity index (χ0) is 18.9. The van der Waals surface area contributed by atoms with Crippen LogP contribution < -0.4 is 0 Å². The van der Waals surface area contributed by atoms with Crippen molar-refractivity contribution in [1.82, 2.24) is 4.90 Å². The number of aliphatic carboxylic acids is 1. The zero-order valence-electron chi connectivity index (χ0n) is 14.3. The molecule has 6 heteroatoms. The maximum Gasteiger partial charge on any atom is 0.303 e. The minimum absolute atomic E-state index is 0.0281. The summed E-state index contributed by atoms with van der Waals surface area (Å²) >= 11 is 0. The van der Waals surface area contributed by atoms with E-state index in [1.165, 1.54) is 12.1 Å². The lowest BCUT2D eigenvalue weighted by Crippen LogP contribution is -2.32. The lowest BCUT2D eigenvalue weighted by atomic mass is 10.1. The molecule has 0 atom stereocenters. The number of amides is 1. The molecule has 0 saturated carbocycles. The van der Waals surface area contributed by atoms with Crippen molar-refractivity contribution in [2.45, 2.75) is 32.2 Å². The van der Waals surface area contributed by atoms with Gasteiger partial charge in [-0.05, 0) is 30.0 Å². The molecule has 2 aromatic rings. The number of rotatable bonds is 9. The van der Waals surface area contributed by atoms with Crippen LogP contribution in [0.1, 0.15) is 30.4 Å². The number of halogens is 2. The largest absolute Gasteiger partial charge is 0.481 e. The lowest BCUT2D eigenvalue weighted by Gasteiger charge is -2.23. The van der Waals surface area contributed by atoms with Crippen molar-refractivity contribution in [2.75, 3.05) is 6.54 Å². The van der Waals surface area contributed by atoms with E-state index in [0.29, 0.717) is 19.5 Å². The second-order valence-corrected chi connectivity index (χ2v) is 6.01. The SMILES string of the molecule is O=C(O)CCCN(Cc1ccccc1)C(=O)CCc1cccc(F)c1F. The Balaban J connectivity index is 2.01. The van der Waals surface area contributed by atoms with Gasteiger partial charge in [-0.2, -0.15) is 0 Å². The summed E-state index contributed by atoms with van der Waals surface area (Å²) in [5, 5.41) is 8.78. The molecule has 0 unspecified atom stereocenters. The first kappa shape index (κ1) is 19.6. The van der Waals surface area contributed by atoms with E-state index in [1.807, 2.05) is 30.3 Å². The molecule has 26 heavy (non-hydrogen) atoms. The van der Waals surface area contributed by atoms with Gasteiger partial charge in [-0.3, -0.25) is 9.59 Å². The van der Waals surface area contributed by atoms with Crippen molar-refractivity contribution in [2.24, 2.45) is 0 Å². The monoisotopic (exact) mass is 361 g/mol. The van der Waals surface area contributed by atoms with E-state index >= 15 is 0 Å². The summed E-state index contributed by atoms with van der Waals surface area (Å²) in [4.78, 5) is 24.8. The van der Waals surface area contributed by atoms with Crippen LogP contribution in [-0.4, -0.2) is 28.4 Å². The summed E-state index contributed by atoms with van der Waals surface area (Å²) in [6.45, 7) is 0.649. The van der Waals surface area contributed by atoms with Crippen molar-refractivity contribution in [3.63, 3.8) is 0 Å². The van der Waals surface area contributed by atoms with Crippen LogP contribution in [0.2, 0.25) is 0 Å². The first-order valence-corrected chi connectivity index (χ1v) is 8.43. The number of carbonyl (C=O) groups excluding carboxylic acids is 1. The number of carbonyl (C=O) groups is 2. The van der Waals surface area contributed by atoms with Gasteiger partial charge in [-0.1, -0.05) is 42.5 Å². The van der Waals surface area contributed by atoms with E-state index in [-0.39, 0.29) is 30.7 Å². The minimum Gasteiger partial charge on any atom is -0.481 e. The van der Waals surface area contributed by atoms with Gasteiger partial charge in [-0.25, -0.2) is 8.78 Å². The van der Waals surface area contributed by atoms with Gasteiger partial charge >= 0.3 is 5.97 Å². The molecule has 138 valence electrons. The smallest absolute Gasteiger partial charge is 0.303 e. The molecule has 0 aliphatic carbocycles. The third kappa shape index (κ3) is 5.95. The van der Waals surface area contributed by atoms with Crippen LogP contribution in [-0.2, 0) is 22.6 Å². The Morgan fingerprint density at radius 3 is 2.38 bits per heavy atom. The van der Waals surface area contributed by atoms with E-state index in [9.17, 15) is 18.4 Å². The summed E-state index contributed by atoms with van der Waals surface area (Å²) < 4.78 is 27.0. The number of nitrogens with zero attached hydrogens (tertiary/aromatic N) is 1. The zero-order valence-corrected chi connectivity index (χ0v) is 14.3.